The maximum absolute atomic E-state index is 13.4. The van der Waals surface area contributed by atoms with Crippen molar-refractivity contribution in [1.29, 1.82) is 0 Å². The number of methoxy groups -OCH3 is 2. The van der Waals surface area contributed by atoms with E-state index >= 15 is 0 Å². The van der Waals surface area contributed by atoms with Gasteiger partial charge in [-0.2, -0.15) is 0 Å². The molecule has 5 rings (SSSR count). The summed E-state index contributed by atoms with van der Waals surface area (Å²) in [6.45, 7) is -0.656. The van der Waals surface area contributed by atoms with Crippen LogP contribution in [0, 0.1) is 0 Å². The molecule has 306 valence electrons. The van der Waals surface area contributed by atoms with Gasteiger partial charge in [0.05, 0.1) is 46.8 Å². The van der Waals surface area contributed by atoms with Crippen LogP contribution in [0.2, 0.25) is 0 Å². The number of aromatic hydroxyl groups is 2. The first-order valence-corrected chi connectivity index (χ1v) is 17.4. The highest BCUT2D eigenvalue weighted by Gasteiger charge is 2.55. The van der Waals surface area contributed by atoms with Crippen molar-refractivity contribution < 1.29 is 93.4 Å². The average Bonchev–Trinajstić information content (AvgIpc) is 3.46. The summed E-state index contributed by atoms with van der Waals surface area (Å²) < 4.78 is 50.8. The molecule has 19 heteroatoms. The van der Waals surface area contributed by atoms with Crippen molar-refractivity contribution in [3.8, 4) is 23.0 Å². The molecule has 19 nitrogen and oxygen atoms in total. The molecule has 13 atom stereocenters. The number of phenolic OH excluding ortho intramolecular Hbond substituents is 2. The third kappa shape index (κ3) is 9.84. The molecule has 0 aliphatic carbocycles. The molecule has 3 heterocycles. The molecule has 2 aromatic rings. The Kier molecular flexibility index (Phi) is 14.3. The molecule has 0 amide bonds. The van der Waals surface area contributed by atoms with E-state index in [2.05, 4.69) is 0 Å². The Balaban J connectivity index is 1.42. The van der Waals surface area contributed by atoms with Crippen LogP contribution in [0.1, 0.15) is 18.1 Å². The van der Waals surface area contributed by atoms with Crippen LogP contribution in [0.25, 0.3) is 6.08 Å². The highest BCUT2D eigenvalue weighted by Crippen LogP contribution is 2.34. The molecule has 0 saturated carbocycles. The number of hydrogen-bond donors (Lipinski definition) is 9. The summed E-state index contributed by atoms with van der Waals surface area (Å²) in [5, 5.41) is 93.7. The maximum Gasteiger partial charge on any atom is 0.331 e. The van der Waals surface area contributed by atoms with Gasteiger partial charge in [-0.25, -0.2) is 4.79 Å². The molecule has 9 N–H and O–H groups in total. The molecule has 3 fully saturated rings. The number of ether oxygens (including phenoxy) is 9. The number of hydrogen-bond acceptors (Lipinski definition) is 19. The lowest BCUT2D eigenvalue weighted by Crippen LogP contribution is -2.63. The highest BCUT2D eigenvalue weighted by molar-refractivity contribution is 5.87. The largest absolute Gasteiger partial charge is 0.504 e. The molecule has 0 bridgehead atoms. The second-order valence-electron chi connectivity index (χ2n) is 13.3. The van der Waals surface area contributed by atoms with E-state index in [1.165, 1.54) is 51.5 Å². The van der Waals surface area contributed by atoms with E-state index in [-0.39, 0.29) is 36.0 Å². The first kappa shape index (κ1) is 42.5. The predicted molar refractivity (Wildman–Crippen MR) is 184 cm³/mol. The van der Waals surface area contributed by atoms with Crippen molar-refractivity contribution in [2.45, 2.75) is 92.8 Å². The molecule has 3 aliphatic rings. The fourth-order valence-electron chi connectivity index (χ4n) is 6.17. The molecule has 0 unspecified atom stereocenters. The number of phenols is 2. The zero-order valence-corrected chi connectivity index (χ0v) is 30.2. The van der Waals surface area contributed by atoms with Crippen molar-refractivity contribution in [1.82, 2.24) is 0 Å². The summed E-state index contributed by atoms with van der Waals surface area (Å²) in [5.41, 5.74) is -1.01. The van der Waals surface area contributed by atoms with E-state index < -0.39 is 105 Å². The minimum atomic E-state index is -2.12. The predicted octanol–water partition coefficient (Wildman–Crippen LogP) is -1.94. The molecular formula is C36H48O19. The summed E-state index contributed by atoms with van der Waals surface area (Å²) in [6, 6.07) is 8.94. The monoisotopic (exact) mass is 784 g/mol. The molecule has 3 aliphatic heterocycles. The minimum absolute atomic E-state index is 0.0767. The average molecular weight is 785 g/mol. The van der Waals surface area contributed by atoms with Crippen LogP contribution in [0.4, 0.5) is 0 Å². The van der Waals surface area contributed by atoms with Crippen LogP contribution in [0.3, 0.4) is 0 Å². The van der Waals surface area contributed by atoms with E-state index in [0.29, 0.717) is 11.1 Å². The zero-order valence-electron chi connectivity index (χ0n) is 30.2. The summed E-state index contributed by atoms with van der Waals surface area (Å²) in [4.78, 5) is 13.4. The number of aliphatic hydroxyl groups excluding tert-OH is 6. The smallest absolute Gasteiger partial charge is 0.331 e. The lowest BCUT2D eigenvalue weighted by molar-refractivity contribution is -0.344. The number of aliphatic hydroxyl groups is 7. The van der Waals surface area contributed by atoms with Gasteiger partial charge >= 0.3 is 5.97 Å². The molecule has 3 saturated heterocycles. The lowest BCUT2D eigenvalue weighted by Gasteiger charge is -2.45. The Morgan fingerprint density at radius 3 is 2.20 bits per heavy atom. The van der Waals surface area contributed by atoms with Crippen LogP contribution >= 0.6 is 0 Å². The Labute approximate surface area is 315 Å². The number of carbonyl (C=O) groups is 1. The minimum Gasteiger partial charge on any atom is -0.504 e. The molecule has 0 spiro atoms. The lowest BCUT2D eigenvalue weighted by atomic mass is 9.97. The number of esters is 1. The van der Waals surface area contributed by atoms with Gasteiger partial charge in [0.1, 0.15) is 48.3 Å². The number of carbonyl (C=O) groups excluding carboxylic acids is 1. The molecule has 0 radical (unpaired) electrons. The van der Waals surface area contributed by atoms with Gasteiger partial charge in [-0.1, -0.05) is 12.1 Å². The van der Waals surface area contributed by atoms with Gasteiger partial charge < -0.3 is 88.6 Å². The maximum atomic E-state index is 13.4. The van der Waals surface area contributed by atoms with Crippen LogP contribution in [0.5, 0.6) is 23.0 Å². The quantitative estimate of drug-likeness (QED) is 0.0701. The first-order valence-electron chi connectivity index (χ1n) is 17.4. The van der Waals surface area contributed by atoms with Crippen LogP contribution in [-0.4, -0.2) is 172 Å². The SMILES string of the molecule is COc1cc(C=CC(=O)O[C@H]2[C@H](O[C@@H]3OC[C@](O)(CO)[C@H]3O)[C@@H](O)[C@H](OCCc3ccc(O)c(OC)c3)O[C@@H]2CO[C@@H]2O[C@@H](C)[C@H](O)[C@@H](O)[C@H]2O)ccc1O. The Bertz CT molecular complexity index is 1610. The third-order valence-electron chi connectivity index (χ3n) is 9.50. The molecular weight excluding hydrogens is 736 g/mol. The summed E-state index contributed by atoms with van der Waals surface area (Å²) in [7, 11) is 2.74. The highest BCUT2D eigenvalue weighted by atomic mass is 16.8. The zero-order chi connectivity index (χ0) is 40.0. The second kappa shape index (κ2) is 18.5. The van der Waals surface area contributed by atoms with Crippen LogP contribution < -0.4 is 9.47 Å². The Hall–Kier alpha value is -3.67. The Morgan fingerprint density at radius 2 is 1.53 bits per heavy atom. The topological polar surface area (TPSA) is 282 Å². The van der Waals surface area contributed by atoms with Crippen molar-refractivity contribution in [3.63, 3.8) is 0 Å². The Morgan fingerprint density at radius 1 is 0.855 bits per heavy atom. The summed E-state index contributed by atoms with van der Waals surface area (Å²) in [6.07, 6.45) is -16.1. The van der Waals surface area contributed by atoms with Gasteiger partial charge in [0.25, 0.3) is 0 Å². The van der Waals surface area contributed by atoms with Crippen molar-refractivity contribution in [2.24, 2.45) is 0 Å². The number of benzene rings is 2. The second-order valence-corrected chi connectivity index (χ2v) is 13.3. The first-order chi connectivity index (χ1) is 26.2. The van der Waals surface area contributed by atoms with E-state index in [1.54, 1.807) is 12.1 Å². The fraction of sp³-hybridized carbons (Fsp3) is 0.583. The summed E-state index contributed by atoms with van der Waals surface area (Å²) in [5.74, 6) is -0.846. The molecule has 55 heavy (non-hydrogen) atoms. The van der Waals surface area contributed by atoms with Crippen molar-refractivity contribution >= 4 is 12.0 Å². The van der Waals surface area contributed by atoms with Crippen LogP contribution in [0.15, 0.2) is 42.5 Å². The van der Waals surface area contributed by atoms with E-state index in [1.807, 2.05) is 0 Å². The van der Waals surface area contributed by atoms with Gasteiger partial charge in [-0.05, 0) is 54.8 Å². The van der Waals surface area contributed by atoms with Gasteiger partial charge in [-0.3, -0.25) is 0 Å². The van der Waals surface area contributed by atoms with Crippen molar-refractivity contribution in [2.75, 3.05) is 40.6 Å². The van der Waals surface area contributed by atoms with E-state index in [0.717, 1.165) is 6.08 Å². The molecule has 0 aromatic heterocycles. The van der Waals surface area contributed by atoms with Gasteiger partial charge in [0.2, 0.25) is 0 Å². The van der Waals surface area contributed by atoms with Crippen molar-refractivity contribution in [3.05, 3.63) is 53.6 Å². The molecule has 2 aromatic carbocycles. The van der Waals surface area contributed by atoms with Gasteiger partial charge in [0, 0.05) is 6.08 Å². The normalized spacial score (nSPS) is 35.2. The van der Waals surface area contributed by atoms with E-state index in [4.69, 9.17) is 42.6 Å². The third-order valence-corrected chi connectivity index (χ3v) is 9.50. The van der Waals surface area contributed by atoms with Crippen LogP contribution in [-0.2, 0) is 44.4 Å². The number of rotatable bonds is 15. The van der Waals surface area contributed by atoms with Gasteiger partial charge in [0.15, 0.2) is 48.0 Å². The van der Waals surface area contributed by atoms with Gasteiger partial charge in [-0.15, -0.1) is 0 Å². The standard InChI is InChI=1S/C36H48O19/c1-17-26(41)27(42)28(43)33(52-17)50-14-24-30(54-25(40)9-6-18-4-7-20(38)22(12-18)47-2)31(55-35-32(45)36(46,15-37)16-51-35)29(44)34(53-24)49-11-10-19-5-8-21(39)23(13-19)48-3/h4-9,12-13,17,24,26-35,37-39,41-46H,10-11,14-16H2,1-3H3/t17-,24+,26-,27+,28+,29+,30+,31+,32-,33+,34+,35-,36+/m0/s1. The fourth-order valence-corrected chi connectivity index (χ4v) is 6.17. The van der Waals surface area contributed by atoms with E-state index in [9.17, 15) is 50.8 Å². The summed E-state index contributed by atoms with van der Waals surface area (Å²) >= 11 is 0.